The van der Waals surface area contributed by atoms with Crippen LogP contribution in [0.25, 0.3) is 0 Å². The fraction of sp³-hybridized carbons (Fsp3) is 0.696. The number of hydrogen-bond donors (Lipinski definition) is 0. The van der Waals surface area contributed by atoms with E-state index in [1.807, 2.05) is 11.0 Å². The first-order valence-corrected chi connectivity index (χ1v) is 11.0. The third kappa shape index (κ3) is 6.02. The first-order valence-electron chi connectivity index (χ1n) is 11.0. The number of nitrogens with zero attached hydrogens (tertiary/aromatic N) is 3. The number of aryl methyl sites for hydroxylation is 1. The quantitative estimate of drug-likeness (QED) is 0.715. The van der Waals surface area contributed by atoms with E-state index in [4.69, 9.17) is 0 Å². The van der Waals surface area contributed by atoms with E-state index in [-0.39, 0.29) is 11.7 Å². The summed E-state index contributed by atoms with van der Waals surface area (Å²) in [5.41, 5.74) is 0.899. The van der Waals surface area contributed by atoms with Crippen LogP contribution in [0.2, 0.25) is 0 Å². The molecule has 0 spiro atoms. The lowest BCUT2D eigenvalue weighted by Gasteiger charge is -2.41. The van der Waals surface area contributed by atoms with Gasteiger partial charge in [-0.1, -0.05) is 12.1 Å². The Balaban J connectivity index is 1.41. The van der Waals surface area contributed by atoms with Gasteiger partial charge in [0.05, 0.1) is 0 Å². The van der Waals surface area contributed by atoms with Gasteiger partial charge in [-0.05, 0) is 95.9 Å². The number of hydrogen-bond acceptors (Lipinski definition) is 3. The maximum Gasteiger partial charge on any atom is 0.222 e. The molecule has 4 nitrogen and oxygen atoms in total. The number of benzene rings is 1. The highest BCUT2D eigenvalue weighted by Crippen LogP contribution is 2.24. The van der Waals surface area contributed by atoms with Crippen molar-refractivity contribution in [2.45, 2.75) is 51.5 Å². The molecule has 0 N–H and O–H groups in total. The second-order valence-electron chi connectivity index (χ2n) is 8.58. The lowest BCUT2D eigenvalue weighted by atomic mass is 9.93. The summed E-state index contributed by atoms with van der Waals surface area (Å²) in [5.74, 6) is 0.582. The summed E-state index contributed by atoms with van der Waals surface area (Å²) < 4.78 is 13.3. The molecule has 0 radical (unpaired) electrons. The molecule has 1 aromatic carbocycles. The Hall–Kier alpha value is -1.46. The molecule has 2 fully saturated rings. The standard InChI is InChI=1S/C23H36FN3O/c1-3-26(23(28)8-7-19-5-4-6-21(24)17-19)18-20-9-15-27(16-10-20)22-11-13-25(2)14-12-22/h4-6,17,20,22H,3,7-16,18H2,1-2H3. The molecule has 0 saturated carbocycles. The van der Waals surface area contributed by atoms with Crippen LogP contribution in [0.1, 0.15) is 44.6 Å². The van der Waals surface area contributed by atoms with Gasteiger partial charge in [-0.25, -0.2) is 4.39 Å². The first kappa shape index (κ1) is 21.3. The summed E-state index contributed by atoms with van der Waals surface area (Å²) in [6, 6.07) is 7.34. The third-order valence-electron chi connectivity index (χ3n) is 6.58. The monoisotopic (exact) mass is 389 g/mol. The molecule has 1 aromatic rings. The lowest BCUT2D eigenvalue weighted by molar-refractivity contribution is -0.131. The average molecular weight is 390 g/mol. The van der Waals surface area contributed by atoms with Crippen LogP contribution in [0.15, 0.2) is 24.3 Å². The molecule has 3 rings (SSSR count). The van der Waals surface area contributed by atoms with E-state index in [1.54, 1.807) is 6.07 Å². The summed E-state index contributed by atoms with van der Waals surface area (Å²) in [4.78, 5) is 19.8. The topological polar surface area (TPSA) is 26.8 Å². The Kier molecular flexibility index (Phi) is 7.86. The third-order valence-corrected chi connectivity index (χ3v) is 6.58. The molecular formula is C23H36FN3O. The van der Waals surface area contributed by atoms with Crippen LogP contribution in [-0.4, -0.2) is 73.0 Å². The van der Waals surface area contributed by atoms with Crippen molar-refractivity contribution < 1.29 is 9.18 Å². The van der Waals surface area contributed by atoms with Gasteiger partial charge in [-0.15, -0.1) is 0 Å². The minimum Gasteiger partial charge on any atom is -0.343 e. The fourth-order valence-electron chi connectivity index (χ4n) is 4.68. The second kappa shape index (κ2) is 10.4. The predicted octanol–water partition coefficient (Wildman–Crippen LogP) is 3.41. The number of piperidine rings is 2. The summed E-state index contributed by atoms with van der Waals surface area (Å²) in [6.45, 7) is 8.48. The summed E-state index contributed by atoms with van der Waals surface area (Å²) in [7, 11) is 2.22. The van der Waals surface area contributed by atoms with Crippen molar-refractivity contribution in [1.82, 2.24) is 14.7 Å². The molecule has 0 bridgehead atoms. The molecular weight excluding hydrogens is 353 g/mol. The van der Waals surface area contributed by atoms with Gasteiger partial charge in [0.25, 0.3) is 0 Å². The maximum absolute atomic E-state index is 13.3. The van der Waals surface area contributed by atoms with Crippen molar-refractivity contribution in [3.05, 3.63) is 35.6 Å². The van der Waals surface area contributed by atoms with Crippen LogP contribution in [0.4, 0.5) is 4.39 Å². The highest BCUT2D eigenvalue weighted by atomic mass is 19.1. The smallest absolute Gasteiger partial charge is 0.222 e. The van der Waals surface area contributed by atoms with Crippen molar-refractivity contribution in [3.63, 3.8) is 0 Å². The Morgan fingerprint density at radius 1 is 1.14 bits per heavy atom. The molecule has 0 atom stereocenters. The number of carbonyl (C=O) groups excluding carboxylic acids is 1. The number of carbonyl (C=O) groups is 1. The van der Waals surface area contributed by atoms with E-state index < -0.39 is 0 Å². The van der Waals surface area contributed by atoms with E-state index >= 15 is 0 Å². The van der Waals surface area contributed by atoms with Crippen molar-refractivity contribution in [3.8, 4) is 0 Å². The first-order chi connectivity index (χ1) is 13.5. The molecule has 2 heterocycles. The molecule has 0 aliphatic carbocycles. The molecule has 2 aliphatic rings. The lowest BCUT2D eigenvalue weighted by Crippen LogP contribution is -2.48. The molecule has 5 heteroatoms. The molecule has 2 aliphatic heterocycles. The van der Waals surface area contributed by atoms with Crippen LogP contribution in [0, 0.1) is 11.7 Å². The Labute approximate surface area is 169 Å². The highest BCUT2D eigenvalue weighted by molar-refractivity contribution is 5.76. The minimum absolute atomic E-state index is 0.199. The Morgan fingerprint density at radius 2 is 1.86 bits per heavy atom. The van der Waals surface area contributed by atoms with Gasteiger partial charge in [0.1, 0.15) is 5.82 Å². The molecule has 28 heavy (non-hydrogen) atoms. The zero-order chi connectivity index (χ0) is 19.9. The van der Waals surface area contributed by atoms with Gasteiger partial charge < -0.3 is 14.7 Å². The molecule has 0 unspecified atom stereocenters. The number of halogens is 1. The molecule has 1 amide bonds. The van der Waals surface area contributed by atoms with Gasteiger partial charge in [0.15, 0.2) is 0 Å². The number of likely N-dealkylation sites (tertiary alicyclic amines) is 2. The van der Waals surface area contributed by atoms with E-state index in [1.165, 1.54) is 64.0 Å². The van der Waals surface area contributed by atoms with Gasteiger partial charge in [0, 0.05) is 25.6 Å². The fourth-order valence-corrected chi connectivity index (χ4v) is 4.68. The van der Waals surface area contributed by atoms with Crippen molar-refractivity contribution in [2.75, 3.05) is 46.3 Å². The van der Waals surface area contributed by atoms with Crippen molar-refractivity contribution in [1.29, 1.82) is 0 Å². The number of amides is 1. The van der Waals surface area contributed by atoms with Gasteiger partial charge in [-0.3, -0.25) is 4.79 Å². The maximum atomic E-state index is 13.3. The van der Waals surface area contributed by atoms with E-state index in [2.05, 4.69) is 23.8 Å². The van der Waals surface area contributed by atoms with Gasteiger partial charge in [0.2, 0.25) is 5.91 Å². The summed E-state index contributed by atoms with van der Waals surface area (Å²) in [5, 5.41) is 0. The second-order valence-corrected chi connectivity index (χ2v) is 8.58. The molecule has 2 saturated heterocycles. The zero-order valence-electron chi connectivity index (χ0n) is 17.6. The van der Waals surface area contributed by atoms with Gasteiger partial charge >= 0.3 is 0 Å². The summed E-state index contributed by atoms with van der Waals surface area (Å²) in [6.07, 6.45) is 6.05. The van der Waals surface area contributed by atoms with Crippen LogP contribution in [-0.2, 0) is 11.2 Å². The average Bonchev–Trinajstić information content (AvgIpc) is 2.71. The van der Waals surface area contributed by atoms with E-state index in [0.717, 1.165) is 24.7 Å². The van der Waals surface area contributed by atoms with Crippen molar-refractivity contribution >= 4 is 5.91 Å². The predicted molar refractivity (Wildman–Crippen MR) is 112 cm³/mol. The highest BCUT2D eigenvalue weighted by Gasteiger charge is 2.28. The summed E-state index contributed by atoms with van der Waals surface area (Å²) >= 11 is 0. The van der Waals surface area contributed by atoms with E-state index in [9.17, 15) is 9.18 Å². The van der Waals surface area contributed by atoms with Gasteiger partial charge in [-0.2, -0.15) is 0 Å². The Morgan fingerprint density at radius 3 is 2.50 bits per heavy atom. The Bertz CT molecular complexity index is 622. The van der Waals surface area contributed by atoms with Crippen LogP contribution < -0.4 is 0 Å². The SMILES string of the molecule is CCN(CC1CCN(C2CCN(C)CC2)CC1)C(=O)CCc1cccc(F)c1. The largest absolute Gasteiger partial charge is 0.343 e. The normalized spacial score (nSPS) is 20.4. The van der Waals surface area contributed by atoms with Crippen LogP contribution >= 0.6 is 0 Å². The molecule has 156 valence electrons. The number of rotatable bonds is 7. The van der Waals surface area contributed by atoms with Crippen LogP contribution in [0.5, 0.6) is 0 Å². The van der Waals surface area contributed by atoms with Crippen molar-refractivity contribution in [2.24, 2.45) is 5.92 Å². The molecule has 0 aromatic heterocycles. The minimum atomic E-state index is -0.228. The van der Waals surface area contributed by atoms with E-state index in [0.29, 0.717) is 18.8 Å². The zero-order valence-corrected chi connectivity index (χ0v) is 17.6. The van der Waals surface area contributed by atoms with Crippen LogP contribution in [0.3, 0.4) is 0 Å².